The predicted octanol–water partition coefficient (Wildman–Crippen LogP) is 2.35. The number of nitrogens with one attached hydrogen (secondary N) is 1. The van der Waals surface area contributed by atoms with Crippen LogP contribution in [0.1, 0.15) is 33.7 Å². The van der Waals surface area contributed by atoms with Crippen LogP contribution in [-0.4, -0.2) is 40.5 Å². The van der Waals surface area contributed by atoms with Crippen LogP contribution in [0.4, 0.5) is 0 Å². The molecule has 2 aromatic heterocycles. The lowest BCUT2D eigenvalue weighted by molar-refractivity contribution is -0.00400. The number of ether oxygens (including phenoxy) is 1. The highest BCUT2D eigenvalue weighted by molar-refractivity contribution is 5.98. The molecule has 134 valence electrons. The smallest absolute Gasteiger partial charge is 0.254 e. The predicted molar refractivity (Wildman–Crippen MR) is 95.1 cm³/mol. The van der Waals surface area contributed by atoms with Crippen molar-refractivity contribution in [3.63, 3.8) is 0 Å². The number of benzene rings is 1. The number of furan rings is 1. The number of amides is 1. The number of aromatic amines is 1. The van der Waals surface area contributed by atoms with Crippen LogP contribution in [-0.2, 0) is 4.74 Å². The zero-order valence-electron chi connectivity index (χ0n) is 14.6. The number of H-pyrrole nitrogens is 1. The molecule has 26 heavy (non-hydrogen) atoms. The normalized spacial score (nSPS) is 17.6. The molecule has 1 aliphatic rings. The first kappa shape index (κ1) is 16.5. The first-order valence-corrected chi connectivity index (χ1v) is 8.48. The molecule has 3 heterocycles. The van der Waals surface area contributed by atoms with Gasteiger partial charge >= 0.3 is 0 Å². The lowest BCUT2D eigenvalue weighted by atomic mass is 10.1. The van der Waals surface area contributed by atoms with Crippen molar-refractivity contribution in [1.29, 1.82) is 0 Å². The first-order valence-electron chi connectivity index (χ1n) is 8.48. The second-order valence-corrected chi connectivity index (χ2v) is 6.45. The lowest BCUT2D eigenvalue weighted by Crippen LogP contribution is -2.44. The minimum atomic E-state index is -0.390. The van der Waals surface area contributed by atoms with E-state index in [1.54, 1.807) is 24.0 Å². The molecule has 1 N–H and O–H groups in total. The van der Waals surface area contributed by atoms with Crippen LogP contribution in [0.5, 0.6) is 0 Å². The van der Waals surface area contributed by atoms with Gasteiger partial charge in [0.1, 0.15) is 17.2 Å². The summed E-state index contributed by atoms with van der Waals surface area (Å²) in [6, 6.07) is 8.34. The van der Waals surface area contributed by atoms with Gasteiger partial charge in [-0.25, -0.2) is 4.98 Å². The van der Waals surface area contributed by atoms with Gasteiger partial charge < -0.3 is 19.0 Å². The molecule has 4 rings (SSSR count). The molecule has 1 aliphatic heterocycles. The Hall–Kier alpha value is -2.93. The number of fused-ring (bicyclic) bond motifs is 1. The molecule has 0 unspecified atom stereocenters. The van der Waals surface area contributed by atoms with E-state index in [9.17, 15) is 9.59 Å². The summed E-state index contributed by atoms with van der Waals surface area (Å²) in [4.78, 5) is 33.7. The van der Waals surface area contributed by atoms with Gasteiger partial charge in [-0.3, -0.25) is 9.59 Å². The van der Waals surface area contributed by atoms with Crippen molar-refractivity contribution in [2.45, 2.75) is 19.9 Å². The molecule has 0 spiro atoms. The quantitative estimate of drug-likeness (QED) is 0.764. The van der Waals surface area contributed by atoms with Gasteiger partial charge in [-0.2, -0.15) is 0 Å². The summed E-state index contributed by atoms with van der Waals surface area (Å²) in [5, 5.41) is 0.892. The topological polar surface area (TPSA) is 88.4 Å². The van der Waals surface area contributed by atoms with Crippen molar-refractivity contribution in [3.05, 3.63) is 63.5 Å². The van der Waals surface area contributed by atoms with Crippen LogP contribution in [0.25, 0.3) is 11.0 Å². The van der Waals surface area contributed by atoms with E-state index in [0.29, 0.717) is 36.8 Å². The number of rotatable bonds is 2. The second-order valence-electron chi connectivity index (χ2n) is 6.45. The van der Waals surface area contributed by atoms with E-state index in [1.807, 2.05) is 19.1 Å². The van der Waals surface area contributed by atoms with Crippen LogP contribution in [0, 0.1) is 13.8 Å². The van der Waals surface area contributed by atoms with Gasteiger partial charge in [0, 0.05) is 23.6 Å². The highest BCUT2D eigenvalue weighted by Crippen LogP contribution is 2.26. The number of carbonyl (C=O) groups excluding carboxylic acids is 1. The zero-order valence-corrected chi connectivity index (χ0v) is 14.6. The fourth-order valence-corrected chi connectivity index (χ4v) is 3.34. The molecular formula is C19H19N3O4. The highest BCUT2D eigenvalue weighted by Gasteiger charge is 2.31. The van der Waals surface area contributed by atoms with E-state index < -0.39 is 0 Å². The number of hydrogen-bond acceptors (Lipinski definition) is 5. The van der Waals surface area contributed by atoms with Gasteiger partial charge in [0.25, 0.3) is 11.5 Å². The molecule has 0 saturated carbocycles. The van der Waals surface area contributed by atoms with E-state index in [4.69, 9.17) is 9.15 Å². The fraction of sp³-hybridized carbons (Fsp3) is 0.316. The van der Waals surface area contributed by atoms with E-state index in [1.165, 1.54) is 6.07 Å². The number of morpholine rings is 1. The monoisotopic (exact) mass is 353 g/mol. The zero-order chi connectivity index (χ0) is 18.3. The molecule has 7 heteroatoms. The van der Waals surface area contributed by atoms with Crippen LogP contribution in [0.2, 0.25) is 0 Å². The maximum absolute atomic E-state index is 13.1. The summed E-state index contributed by atoms with van der Waals surface area (Å²) in [5.74, 6) is 1.21. The van der Waals surface area contributed by atoms with Crippen LogP contribution < -0.4 is 5.56 Å². The molecule has 0 bridgehead atoms. The van der Waals surface area contributed by atoms with E-state index in [-0.39, 0.29) is 17.5 Å². The summed E-state index contributed by atoms with van der Waals surface area (Å²) in [5.41, 5.74) is 1.64. The highest BCUT2D eigenvalue weighted by atomic mass is 16.5. The molecule has 0 aliphatic carbocycles. The van der Waals surface area contributed by atoms with Gasteiger partial charge in [-0.1, -0.05) is 0 Å². The molecule has 1 fully saturated rings. The third kappa shape index (κ3) is 3.01. The maximum Gasteiger partial charge on any atom is 0.254 e. The van der Waals surface area contributed by atoms with Gasteiger partial charge in [0.2, 0.25) is 0 Å². The van der Waals surface area contributed by atoms with Crippen LogP contribution in [0.15, 0.2) is 39.5 Å². The Bertz CT molecular complexity index is 1040. The molecule has 0 radical (unpaired) electrons. The summed E-state index contributed by atoms with van der Waals surface area (Å²) in [6.07, 6.45) is 0. The third-order valence-electron chi connectivity index (χ3n) is 4.50. The molecule has 3 aromatic rings. The molecule has 7 nitrogen and oxygen atoms in total. The summed E-state index contributed by atoms with van der Waals surface area (Å²) < 4.78 is 11.1. The number of nitrogens with zero attached hydrogens (tertiary/aromatic N) is 2. The van der Waals surface area contributed by atoms with E-state index in [2.05, 4.69) is 9.97 Å². The van der Waals surface area contributed by atoms with Crippen molar-refractivity contribution < 1.29 is 13.9 Å². The van der Waals surface area contributed by atoms with Crippen molar-refractivity contribution in [1.82, 2.24) is 14.9 Å². The number of hydrogen-bond donors (Lipinski definition) is 1. The Balaban J connectivity index is 1.70. The number of aryl methyl sites for hydroxylation is 2. The largest absolute Gasteiger partial charge is 0.461 e. The van der Waals surface area contributed by atoms with Crippen molar-refractivity contribution in [2.24, 2.45) is 0 Å². The Morgan fingerprint density at radius 3 is 2.92 bits per heavy atom. The van der Waals surface area contributed by atoms with Gasteiger partial charge in [0.05, 0.1) is 24.9 Å². The number of aromatic nitrogens is 2. The van der Waals surface area contributed by atoms with Crippen LogP contribution in [0.3, 0.4) is 0 Å². The van der Waals surface area contributed by atoms with Crippen molar-refractivity contribution in [3.8, 4) is 0 Å². The Kier molecular flexibility index (Phi) is 4.08. The SMILES string of the molecule is Cc1nc([C@@H]2COCCN2C(=O)c2ccc3oc(C)cc3c2)cc(=O)[nH]1. The van der Waals surface area contributed by atoms with Gasteiger partial charge in [-0.15, -0.1) is 0 Å². The average Bonchev–Trinajstić information content (AvgIpc) is 2.99. The van der Waals surface area contributed by atoms with Crippen molar-refractivity contribution >= 4 is 16.9 Å². The van der Waals surface area contributed by atoms with Crippen LogP contribution >= 0.6 is 0 Å². The standard InChI is InChI=1S/C19H19N3O4/c1-11-7-14-8-13(3-4-17(14)26-11)19(24)22-5-6-25-10-16(22)15-9-18(23)21-12(2)20-15/h3-4,7-9,16H,5-6,10H2,1-2H3,(H,20,21,23)/t16-/m0/s1. The third-order valence-corrected chi connectivity index (χ3v) is 4.50. The first-order chi connectivity index (χ1) is 12.5. The minimum absolute atomic E-state index is 0.112. The van der Waals surface area contributed by atoms with Crippen molar-refractivity contribution in [2.75, 3.05) is 19.8 Å². The second kappa shape index (κ2) is 6.42. The van der Waals surface area contributed by atoms with E-state index >= 15 is 0 Å². The van der Waals surface area contributed by atoms with Gasteiger partial charge in [-0.05, 0) is 38.1 Å². The lowest BCUT2D eigenvalue weighted by Gasteiger charge is -2.35. The summed E-state index contributed by atoms with van der Waals surface area (Å²) in [6.45, 7) is 4.81. The average molecular weight is 353 g/mol. The minimum Gasteiger partial charge on any atom is -0.461 e. The van der Waals surface area contributed by atoms with Gasteiger partial charge in [0.15, 0.2) is 0 Å². The fourth-order valence-electron chi connectivity index (χ4n) is 3.34. The molecule has 1 saturated heterocycles. The molecule has 1 amide bonds. The Labute approximate surface area is 149 Å². The Morgan fingerprint density at radius 1 is 1.27 bits per heavy atom. The summed E-state index contributed by atoms with van der Waals surface area (Å²) in [7, 11) is 0. The Morgan fingerprint density at radius 2 is 2.12 bits per heavy atom. The molecular weight excluding hydrogens is 334 g/mol. The maximum atomic E-state index is 13.1. The molecule has 1 aromatic carbocycles. The number of carbonyl (C=O) groups is 1. The summed E-state index contributed by atoms with van der Waals surface area (Å²) >= 11 is 0. The molecule has 1 atom stereocenters. The van der Waals surface area contributed by atoms with E-state index in [0.717, 1.165) is 16.7 Å².